The zero-order valence-electron chi connectivity index (χ0n) is 14.6. The van der Waals surface area contributed by atoms with E-state index in [1.807, 2.05) is 32.0 Å². The van der Waals surface area contributed by atoms with E-state index in [0.29, 0.717) is 25.4 Å². The van der Waals surface area contributed by atoms with E-state index < -0.39 is 6.04 Å². The van der Waals surface area contributed by atoms with E-state index in [0.717, 1.165) is 13.1 Å². The highest BCUT2D eigenvalue weighted by Gasteiger charge is 2.22. The van der Waals surface area contributed by atoms with Gasteiger partial charge in [0.25, 0.3) is 0 Å². The maximum absolute atomic E-state index is 12.2. The summed E-state index contributed by atoms with van der Waals surface area (Å²) in [5.74, 6) is 0.0558. The number of benzene rings is 1. The summed E-state index contributed by atoms with van der Waals surface area (Å²) in [6, 6.07) is 9.64. The van der Waals surface area contributed by atoms with Crippen molar-refractivity contribution in [3.8, 4) is 0 Å². The zero-order valence-corrected chi connectivity index (χ0v) is 14.6. The highest BCUT2D eigenvalue weighted by atomic mass is 16.2. The summed E-state index contributed by atoms with van der Waals surface area (Å²) in [7, 11) is 0. The fourth-order valence-corrected chi connectivity index (χ4v) is 2.87. The molecular weight excluding hydrogens is 304 g/mol. The van der Waals surface area contributed by atoms with Crippen LogP contribution >= 0.6 is 0 Å². The maximum Gasteiger partial charge on any atom is 0.242 e. The highest BCUT2D eigenvalue weighted by molar-refractivity contribution is 5.87. The number of carbonyl (C=O) groups excluding carboxylic acids is 2. The Labute approximate surface area is 144 Å². The monoisotopic (exact) mass is 332 g/mol. The number of nitrogens with two attached hydrogens (primary N) is 1. The summed E-state index contributed by atoms with van der Waals surface area (Å²) in [6.07, 6.45) is 0.621. The number of nitrogens with zero attached hydrogens (tertiary/aromatic N) is 2. The van der Waals surface area contributed by atoms with Gasteiger partial charge in [-0.25, -0.2) is 0 Å². The molecule has 1 saturated heterocycles. The minimum Gasteiger partial charge on any atom is -0.368 e. The van der Waals surface area contributed by atoms with Gasteiger partial charge in [-0.05, 0) is 24.5 Å². The third kappa shape index (κ3) is 5.23. The van der Waals surface area contributed by atoms with Gasteiger partial charge in [0.1, 0.15) is 0 Å². The number of rotatable bonds is 6. The number of para-hydroxylation sites is 1. The van der Waals surface area contributed by atoms with Gasteiger partial charge in [-0.2, -0.15) is 0 Å². The molecule has 0 aliphatic carbocycles. The van der Waals surface area contributed by atoms with Crippen LogP contribution < -0.4 is 16.0 Å². The number of nitrogens with one attached hydrogen (secondary N) is 1. The van der Waals surface area contributed by atoms with Crippen LogP contribution in [0.5, 0.6) is 0 Å². The standard InChI is InChI=1S/C18H28N4O2/c1-14(2)12-16(19)18(24)20-13-17(23)22-10-8-21(9-11-22)15-6-4-3-5-7-15/h3-7,14,16H,8-13,19H2,1-2H3,(H,20,24)/t16-/m0/s1. The Kier molecular flexibility index (Phi) is 6.61. The lowest BCUT2D eigenvalue weighted by atomic mass is 10.0. The van der Waals surface area contributed by atoms with Gasteiger partial charge in [0.15, 0.2) is 0 Å². The molecule has 6 heteroatoms. The summed E-state index contributed by atoms with van der Waals surface area (Å²) in [4.78, 5) is 28.2. The zero-order chi connectivity index (χ0) is 17.5. The van der Waals surface area contributed by atoms with E-state index in [1.165, 1.54) is 5.69 Å². The average molecular weight is 332 g/mol. The molecule has 1 aliphatic rings. The molecule has 0 spiro atoms. The van der Waals surface area contributed by atoms with Crippen LogP contribution in [0.2, 0.25) is 0 Å². The fraction of sp³-hybridized carbons (Fsp3) is 0.556. The Morgan fingerprint density at radius 1 is 1.12 bits per heavy atom. The summed E-state index contributed by atoms with van der Waals surface area (Å²) < 4.78 is 0. The lowest BCUT2D eigenvalue weighted by molar-refractivity contribution is -0.133. The predicted molar refractivity (Wildman–Crippen MR) is 95.7 cm³/mol. The molecule has 1 aromatic carbocycles. The first-order chi connectivity index (χ1) is 11.5. The van der Waals surface area contributed by atoms with Crippen molar-refractivity contribution in [2.45, 2.75) is 26.3 Å². The number of hydrogen-bond acceptors (Lipinski definition) is 4. The molecule has 0 bridgehead atoms. The van der Waals surface area contributed by atoms with E-state index in [2.05, 4.69) is 22.3 Å². The molecule has 0 aromatic heterocycles. The number of piperazine rings is 1. The van der Waals surface area contributed by atoms with Gasteiger partial charge in [-0.1, -0.05) is 32.0 Å². The van der Waals surface area contributed by atoms with E-state index >= 15 is 0 Å². The van der Waals surface area contributed by atoms with E-state index in [4.69, 9.17) is 5.73 Å². The van der Waals surface area contributed by atoms with Crippen molar-refractivity contribution in [3.05, 3.63) is 30.3 Å². The normalized spacial score (nSPS) is 16.2. The van der Waals surface area contributed by atoms with Gasteiger partial charge in [-0.15, -0.1) is 0 Å². The highest BCUT2D eigenvalue weighted by Crippen LogP contribution is 2.15. The smallest absolute Gasteiger partial charge is 0.242 e. The fourth-order valence-electron chi connectivity index (χ4n) is 2.87. The van der Waals surface area contributed by atoms with Crippen LogP contribution in [0.25, 0.3) is 0 Å². The molecule has 6 nitrogen and oxygen atoms in total. The van der Waals surface area contributed by atoms with E-state index in [1.54, 1.807) is 4.90 Å². The van der Waals surface area contributed by atoms with Crippen molar-refractivity contribution in [2.75, 3.05) is 37.6 Å². The Morgan fingerprint density at radius 3 is 2.33 bits per heavy atom. The number of hydrogen-bond donors (Lipinski definition) is 2. The van der Waals surface area contributed by atoms with E-state index in [-0.39, 0.29) is 18.4 Å². The summed E-state index contributed by atoms with van der Waals surface area (Å²) in [6.45, 7) is 7.00. The molecule has 1 fully saturated rings. The second kappa shape index (κ2) is 8.68. The van der Waals surface area contributed by atoms with Crippen molar-refractivity contribution < 1.29 is 9.59 Å². The van der Waals surface area contributed by atoms with Crippen LogP contribution in [0, 0.1) is 5.92 Å². The van der Waals surface area contributed by atoms with Crippen molar-refractivity contribution >= 4 is 17.5 Å². The lowest BCUT2D eigenvalue weighted by Crippen LogP contribution is -2.52. The molecule has 0 saturated carbocycles. The second-order valence-corrected chi connectivity index (χ2v) is 6.66. The summed E-state index contributed by atoms with van der Waals surface area (Å²) in [5, 5.41) is 2.66. The number of amides is 2. The Morgan fingerprint density at radius 2 is 1.75 bits per heavy atom. The first-order valence-corrected chi connectivity index (χ1v) is 8.58. The molecule has 2 rings (SSSR count). The molecule has 0 radical (unpaired) electrons. The molecule has 1 aromatic rings. The van der Waals surface area contributed by atoms with Crippen molar-refractivity contribution in [2.24, 2.45) is 11.7 Å². The van der Waals surface area contributed by atoms with Crippen molar-refractivity contribution in [1.82, 2.24) is 10.2 Å². The SMILES string of the molecule is CC(C)C[C@H](N)C(=O)NCC(=O)N1CCN(c2ccccc2)CC1. The molecule has 0 unspecified atom stereocenters. The minimum atomic E-state index is -0.548. The first kappa shape index (κ1) is 18.3. The van der Waals surface area contributed by atoms with E-state index in [9.17, 15) is 9.59 Å². The molecule has 3 N–H and O–H groups in total. The van der Waals surface area contributed by atoms with Gasteiger partial charge in [-0.3, -0.25) is 9.59 Å². The van der Waals surface area contributed by atoms with Gasteiger partial charge in [0, 0.05) is 31.9 Å². The van der Waals surface area contributed by atoms with Crippen LogP contribution in [-0.2, 0) is 9.59 Å². The van der Waals surface area contributed by atoms with Gasteiger partial charge in [0.05, 0.1) is 12.6 Å². The van der Waals surface area contributed by atoms with Crippen LogP contribution in [0.15, 0.2) is 30.3 Å². The minimum absolute atomic E-state index is 0.0238. The molecule has 24 heavy (non-hydrogen) atoms. The lowest BCUT2D eigenvalue weighted by Gasteiger charge is -2.36. The Hall–Kier alpha value is -2.08. The molecule has 1 atom stereocenters. The topological polar surface area (TPSA) is 78.7 Å². The molecule has 2 amide bonds. The largest absolute Gasteiger partial charge is 0.368 e. The third-order valence-corrected chi connectivity index (χ3v) is 4.23. The van der Waals surface area contributed by atoms with Crippen LogP contribution in [0.4, 0.5) is 5.69 Å². The van der Waals surface area contributed by atoms with Gasteiger partial charge >= 0.3 is 0 Å². The van der Waals surface area contributed by atoms with Crippen LogP contribution in [0.1, 0.15) is 20.3 Å². The average Bonchev–Trinajstić information content (AvgIpc) is 2.59. The maximum atomic E-state index is 12.2. The molecule has 1 heterocycles. The summed E-state index contributed by atoms with van der Waals surface area (Å²) >= 11 is 0. The van der Waals surface area contributed by atoms with Crippen molar-refractivity contribution in [1.29, 1.82) is 0 Å². The number of anilines is 1. The predicted octanol–water partition coefficient (Wildman–Crippen LogP) is 0.825. The quantitative estimate of drug-likeness (QED) is 0.809. The first-order valence-electron chi connectivity index (χ1n) is 8.58. The molecule has 1 aliphatic heterocycles. The Bertz CT molecular complexity index is 539. The number of carbonyl (C=O) groups is 2. The third-order valence-electron chi connectivity index (χ3n) is 4.23. The van der Waals surface area contributed by atoms with Crippen LogP contribution in [-0.4, -0.2) is 55.5 Å². The van der Waals surface area contributed by atoms with Gasteiger partial charge in [0.2, 0.25) is 11.8 Å². The summed E-state index contributed by atoms with van der Waals surface area (Å²) in [5.41, 5.74) is 7.00. The Balaban J connectivity index is 1.74. The van der Waals surface area contributed by atoms with Gasteiger partial charge < -0.3 is 20.9 Å². The van der Waals surface area contributed by atoms with Crippen LogP contribution in [0.3, 0.4) is 0 Å². The van der Waals surface area contributed by atoms with Crippen molar-refractivity contribution in [3.63, 3.8) is 0 Å². The molecule has 132 valence electrons. The second-order valence-electron chi connectivity index (χ2n) is 6.66. The molecular formula is C18H28N4O2.